The highest BCUT2D eigenvalue weighted by Crippen LogP contribution is 2.24. The quantitative estimate of drug-likeness (QED) is 0.755. The van der Waals surface area contributed by atoms with Crippen LogP contribution in [0.25, 0.3) is 11.0 Å². The van der Waals surface area contributed by atoms with Crippen molar-refractivity contribution in [1.29, 1.82) is 0 Å². The van der Waals surface area contributed by atoms with Crippen LogP contribution in [0.5, 0.6) is 0 Å². The molecule has 20 heavy (non-hydrogen) atoms. The van der Waals surface area contributed by atoms with Gasteiger partial charge in [-0.2, -0.15) is 5.10 Å². The second-order valence-corrected chi connectivity index (χ2v) is 6.72. The number of hydrogen-bond acceptors (Lipinski definition) is 4. The molecule has 6 heteroatoms. The molecule has 0 aromatic carbocycles. The Kier molecular flexibility index (Phi) is 3.76. The Labute approximate surface area is 130 Å². The molecular weight excluding hydrogens is 336 g/mol. The number of anilines is 1. The molecule has 0 atom stereocenters. The number of hydrogen-bond donors (Lipinski definition) is 1. The number of thiophene rings is 1. The largest absolute Gasteiger partial charge is 0.379 e. The minimum absolute atomic E-state index is 0.320. The molecule has 0 radical (unpaired) electrons. The first-order valence-electron chi connectivity index (χ1n) is 6.44. The molecule has 0 aliphatic heterocycles. The highest BCUT2D eigenvalue weighted by atomic mass is 79.9. The van der Waals surface area contributed by atoms with Crippen LogP contribution in [-0.4, -0.2) is 14.8 Å². The third-order valence-electron chi connectivity index (χ3n) is 3.07. The van der Waals surface area contributed by atoms with Gasteiger partial charge in [0.2, 0.25) is 0 Å². The lowest BCUT2D eigenvalue weighted by Crippen LogP contribution is -2.03. The Morgan fingerprint density at radius 2 is 2.25 bits per heavy atom. The maximum absolute atomic E-state index is 4.51. The van der Waals surface area contributed by atoms with Gasteiger partial charge in [0.15, 0.2) is 5.65 Å². The molecule has 0 fully saturated rings. The van der Waals surface area contributed by atoms with Gasteiger partial charge in [0.25, 0.3) is 0 Å². The van der Waals surface area contributed by atoms with Crippen molar-refractivity contribution in [3.8, 4) is 0 Å². The smallest absolute Gasteiger partial charge is 0.158 e. The summed E-state index contributed by atoms with van der Waals surface area (Å²) in [6.45, 7) is 5.01. The number of halogens is 1. The van der Waals surface area contributed by atoms with E-state index >= 15 is 0 Å². The molecule has 4 nitrogen and oxygen atoms in total. The Morgan fingerprint density at radius 3 is 2.95 bits per heavy atom. The van der Waals surface area contributed by atoms with Crippen molar-refractivity contribution in [2.24, 2.45) is 0 Å². The monoisotopic (exact) mass is 350 g/mol. The lowest BCUT2D eigenvalue weighted by Gasteiger charge is -2.08. The van der Waals surface area contributed by atoms with Crippen molar-refractivity contribution >= 4 is 44.0 Å². The molecule has 3 rings (SSSR count). The highest BCUT2D eigenvalue weighted by Gasteiger charge is 2.08. The van der Waals surface area contributed by atoms with E-state index in [2.05, 4.69) is 62.7 Å². The maximum atomic E-state index is 4.51. The van der Waals surface area contributed by atoms with E-state index in [0.29, 0.717) is 6.04 Å². The molecule has 0 aliphatic carbocycles. The standard InChI is InChI=1S/C14H15BrN4S/c1-9(2)19-14-10(6-18-19)5-11(7-17-14)16-8-13-12(15)3-4-20-13/h3-7,9,16H,8H2,1-2H3. The highest BCUT2D eigenvalue weighted by molar-refractivity contribution is 9.10. The molecule has 104 valence electrons. The second-order valence-electron chi connectivity index (χ2n) is 4.86. The number of fused-ring (bicyclic) bond motifs is 1. The molecular formula is C14H15BrN4S. The van der Waals surface area contributed by atoms with E-state index in [1.165, 1.54) is 4.88 Å². The Hall–Kier alpha value is -1.40. The van der Waals surface area contributed by atoms with Gasteiger partial charge in [0.1, 0.15) is 0 Å². The fourth-order valence-electron chi connectivity index (χ4n) is 2.05. The minimum Gasteiger partial charge on any atom is -0.379 e. The molecule has 0 amide bonds. The molecule has 3 aromatic heterocycles. The third kappa shape index (κ3) is 2.58. The number of aromatic nitrogens is 3. The van der Waals surface area contributed by atoms with Gasteiger partial charge >= 0.3 is 0 Å². The molecule has 3 aromatic rings. The van der Waals surface area contributed by atoms with E-state index in [4.69, 9.17) is 0 Å². The summed E-state index contributed by atoms with van der Waals surface area (Å²) < 4.78 is 3.09. The molecule has 3 heterocycles. The first-order chi connectivity index (χ1) is 9.65. The van der Waals surface area contributed by atoms with Crippen LogP contribution in [0.15, 0.2) is 34.4 Å². The second kappa shape index (κ2) is 5.54. The van der Waals surface area contributed by atoms with Gasteiger partial charge < -0.3 is 5.32 Å². The van der Waals surface area contributed by atoms with E-state index in [-0.39, 0.29) is 0 Å². The van der Waals surface area contributed by atoms with Gasteiger partial charge in [-0.1, -0.05) is 0 Å². The van der Waals surface area contributed by atoms with Crippen molar-refractivity contribution in [1.82, 2.24) is 14.8 Å². The average Bonchev–Trinajstić information content (AvgIpc) is 3.02. The van der Waals surface area contributed by atoms with Crippen LogP contribution in [0.4, 0.5) is 5.69 Å². The van der Waals surface area contributed by atoms with Gasteiger partial charge in [-0.3, -0.25) is 0 Å². The van der Waals surface area contributed by atoms with Crippen LogP contribution < -0.4 is 5.32 Å². The summed E-state index contributed by atoms with van der Waals surface area (Å²) in [5.41, 5.74) is 1.95. The van der Waals surface area contributed by atoms with E-state index < -0.39 is 0 Å². The summed E-state index contributed by atoms with van der Waals surface area (Å²) in [5, 5.41) is 10.9. The van der Waals surface area contributed by atoms with E-state index in [0.717, 1.165) is 27.7 Å². The maximum Gasteiger partial charge on any atom is 0.158 e. The van der Waals surface area contributed by atoms with Crippen LogP contribution in [0.1, 0.15) is 24.8 Å². The minimum atomic E-state index is 0.320. The van der Waals surface area contributed by atoms with E-state index in [9.17, 15) is 0 Å². The molecule has 1 N–H and O–H groups in total. The van der Waals surface area contributed by atoms with Crippen molar-refractivity contribution in [3.63, 3.8) is 0 Å². The zero-order valence-electron chi connectivity index (χ0n) is 11.3. The molecule has 0 saturated carbocycles. The van der Waals surface area contributed by atoms with Gasteiger partial charge in [-0.15, -0.1) is 11.3 Å². The van der Waals surface area contributed by atoms with Crippen LogP contribution in [0.3, 0.4) is 0 Å². The first-order valence-corrected chi connectivity index (χ1v) is 8.11. The summed E-state index contributed by atoms with van der Waals surface area (Å²) in [5.74, 6) is 0. The van der Waals surface area contributed by atoms with Crippen LogP contribution in [-0.2, 0) is 6.54 Å². The summed E-state index contributed by atoms with van der Waals surface area (Å²) >= 11 is 5.27. The van der Waals surface area contributed by atoms with Gasteiger partial charge in [0, 0.05) is 20.8 Å². The van der Waals surface area contributed by atoms with Crippen LogP contribution in [0.2, 0.25) is 0 Å². The summed E-state index contributed by atoms with van der Waals surface area (Å²) in [4.78, 5) is 5.79. The number of pyridine rings is 1. The lowest BCUT2D eigenvalue weighted by molar-refractivity contribution is 0.546. The predicted molar refractivity (Wildman–Crippen MR) is 87.3 cm³/mol. The molecule has 0 saturated heterocycles. The van der Waals surface area contributed by atoms with Crippen molar-refractivity contribution in [3.05, 3.63) is 39.3 Å². The molecule has 0 unspecified atom stereocenters. The third-order valence-corrected chi connectivity index (χ3v) is 4.99. The molecule has 0 bridgehead atoms. The SMILES string of the molecule is CC(C)n1ncc2cc(NCc3sccc3Br)cnc21. The zero-order chi connectivity index (χ0) is 14.1. The number of nitrogens with zero attached hydrogens (tertiary/aromatic N) is 3. The summed E-state index contributed by atoms with van der Waals surface area (Å²) in [6.07, 6.45) is 3.74. The van der Waals surface area contributed by atoms with E-state index in [1.54, 1.807) is 11.3 Å². The Balaban J connectivity index is 1.81. The van der Waals surface area contributed by atoms with Crippen LogP contribution in [0, 0.1) is 0 Å². The Bertz CT molecular complexity index is 732. The summed E-state index contributed by atoms with van der Waals surface area (Å²) in [6, 6.07) is 4.48. The zero-order valence-corrected chi connectivity index (χ0v) is 13.7. The average molecular weight is 351 g/mol. The topological polar surface area (TPSA) is 42.7 Å². The summed E-state index contributed by atoms with van der Waals surface area (Å²) in [7, 11) is 0. The predicted octanol–water partition coefficient (Wildman–Crippen LogP) is 4.45. The Morgan fingerprint density at radius 1 is 1.40 bits per heavy atom. The van der Waals surface area contributed by atoms with Gasteiger partial charge in [-0.25, -0.2) is 9.67 Å². The van der Waals surface area contributed by atoms with Gasteiger partial charge in [0.05, 0.1) is 24.6 Å². The number of rotatable bonds is 4. The normalized spacial score (nSPS) is 11.4. The fourth-order valence-corrected chi connectivity index (χ4v) is 3.48. The van der Waals surface area contributed by atoms with Crippen molar-refractivity contribution < 1.29 is 0 Å². The molecule has 0 spiro atoms. The molecule has 0 aliphatic rings. The fraction of sp³-hybridized carbons (Fsp3) is 0.286. The van der Waals surface area contributed by atoms with Gasteiger partial charge in [-0.05, 0) is 47.3 Å². The lowest BCUT2D eigenvalue weighted by atomic mass is 10.3. The van der Waals surface area contributed by atoms with Crippen molar-refractivity contribution in [2.75, 3.05) is 5.32 Å². The van der Waals surface area contributed by atoms with Crippen molar-refractivity contribution in [2.45, 2.75) is 26.4 Å². The van der Waals surface area contributed by atoms with E-state index in [1.807, 2.05) is 17.1 Å². The van der Waals surface area contributed by atoms with Crippen LogP contribution >= 0.6 is 27.3 Å². The first kappa shape index (κ1) is 13.6. The number of nitrogens with one attached hydrogen (secondary N) is 1.